The van der Waals surface area contributed by atoms with Crippen LogP contribution in [-0.4, -0.2) is 27.6 Å². The first-order valence-corrected chi connectivity index (χ1v) is 8.25. The van der Waals surface area contributed by atoms with Crippen molar-refractivity contribution in [1.29, 1.82) is 0 Å². The van der Waals surface area contributed by atoms with Crippen molar-refractivity contribution in [2.75, 3.05) is 12.0 Å². The maximum atomic E-state index is 13.7. The first-order chi connectivity index (χ1) is 12.5. The molecule has 0 radical (unpaired) electrons. The van der Waals surface area contributed by atoms with Gasteiger partial charge in [0.2, 0.25) is 0 Å². The van der Waals surface area contributed by atoms with E-state index in [4.69, 9.17) is 0 Å². The van der Waals surface area contributed by atoms with Crippen LogP contribution in [0.1, 0.15) is 5.56 Å². The molecule has 1 fully saturated rings. The molecule has 0 saturated carbocycles. The summed E-state index contributed by atoms with van der Waals surface area (Å²) in [6, 6.07) is 11.6. The van der Waals surface area contributed by atoms with Gasteiger partial charge in [0, 0.05) is 23.4 Å². The number of anilines is 1. The van der Waals surface area contributed by atoms with Crippen molar-refractivity contribution in [2.45, 2.75) is 0 Å². The minimum atomic E-state index is -0.554. The molecule has 0 bridgehead atoms. The van der Waals surface area contributed by atoms with Gasteiger partial charge in [-0.3, -0.25) is 24.6 Å². The Bertz CT molecular complexity index is 932. The van der Waals surface area contributed by atoms with Gasteiger partial charge in [-0.1, -0.05) is 24.3 Å². The summed E-state index contributed by atoms with van der Waals surface area (Å²) in [5.74, 6) is -1.05. The maximum absolute atomic E-state index is 13.7. The third kappa shape index (κ3) is 3.72. The van der Waals surface area contributed by atoms with Crippen LogP contribution in [0.15, 0.2) is 53.4 Å². The molecular weight excluding hydrogens is 361 g/mol. The number of amides is 2. The summed E-state index contributed by atoms with van der Waals surface area (Å²) in [4.78, 5) is 35.7. The van der Waals surface area contributed by atoms with Gasteiger partial charge in [0.05, 0.1) is 16.5 Å². The Morgan fingerprint density at radius 1 is 1.19 bits per heavy atom. The Kier molecular flexibility index (Phi) is 4.99. The second-order valence-electron chi connectivity index (χ2n) is 5.27. The van der Waals surface area contributed by atoms with E-state index in [0.29, 0.717) is 17.4 Å². The summed E-state index contributed by atoms with van der Waals surface area (Å²) in [5.41, 5.74) is 0.504. The number of halogens is 1. The van der Waals surface area contributed by atoms with Crippen molar-refractivity contribution in [3.05, 3.63) is 74.9 Å². The number of nitrogens with zero attached hydrogens (tertiary/aromatic N) is 2. The van der Waals surface area contributed by atoms with E-state index in [0.717, 1.165) is 4.90 Å². The fourth-order valence-corrected chi connectivity index (χ4v) is 3.10. The lowest BCUT2D eigenvalue weighted by Gasteiger charge is -2.14. The molecule has 3 rings (SSSR count). The highest BCUT2D eigenvalue weighted by molar-refractivity contribution is 8.18. The second kappa shape index (κ2) is 7.36. The Morgan fingerprint density at radius 3 is 2.69 bits per heavy atom. The number of nitro benzene ring substituents is 1. The number of thioether (sulfide) groups is 1. The molecule has 132 valence electrons. The number of non-ortho nitro benzene ring substituents is 1. The molecule has 1 saturated heterocycles. The third-order valence-corrected chi connectivity index (χ3v) is 4.47. The number of benzene rings is 2. The van der Waals surface area contributed by atoms with Gasteiger partial charge in [-0.05, 0) is 30.0 Å². The zero-order chi connectivity index (χ0) is 18.7. The molecular formula is C17H12FN3O4S. The van der Waals surface area contributed by atoms with Crippen LogP contribution in [0.2, 0.25) is 0 Å². The average molecular weight is 373 g/mol. The van der Waals surface area contributed by atoms with Crippen LogP contribution >= 0.6 is 11.8 Å². The summed E-state index contributed by atoms with van der Waals surface area (Å²) in [6.07, 6.45) is 1.33. The van der Waals surface area contributed by atoms with E-state index in [1.54, 1.807) is 12.1 Å². The Labute approximate surface area is 151 Å². The predicted octanol–water partition coefficient (Wildman–Crippen LogP) is 3.84. The van der Waals surface area contributed by atoms with Gasteiger partial charge in [0.1, 0.15) is 5.82 Å². The van der Waals surface area contributed by atoms with E-state index in [1.165, 1.54) is 42.5 Å². The normalized spacial score (nSPS) is 15.6. The summed E-state index contributed by atoms with van der Waals surface area (Å²) in [5, 5.41) is 13.1. The van der Waals surface area contributed by atoms with Crippen molar-refractivity contribution in [2.24, 2.45) is 0 Å². The summed E-state index contributed by atoms with van der Waals surface area (Å²) in [6.45, 7) is -0.152. The molecule has 2 amide bonds. The number of nitro groups is 1. The fourth-order valence-electron chi connectivity index (χ4n) is 2.27. The van der Waals surface area contributed by atoms with Crippen LogP contribution in [0.5, 0.6) is 0 Å². The van der Waals surface area contributed by atoms with E-state index in [-0.39, 0.29) is 22.8 Å². The molecule has 2 aromatic carbocycles. The maximum Gasteiger partial charge on any atom is 0.295 e. The van der Waals surface area contributed by atoms with Gasteiger partial charge in [-0.15, -0.1) is 0 Å². The summed E-state index contributed by atoms with van der Waals surface area (Å²) in [7, 11) is 0. The Morgan fingerprint density at radius 2 is 1.96 bits per heavy atom. The third-order valence-electron chi connectivity index (χ3n) is 3.56. The first-order valence-electron chi connectivity index (χ1n) is 7.44. The quantitative estimate of drug-likeness (QED) is 0.486. The van der Waals surface area contributed by atoms with Gasteiger partial charge >= 0.3 is 0 Å². The van der Waals surface area contributed by atoms with Crippen LogP contribution in [-0.2, 0) is 4.79 Å². The molecule has 9 heteroatoms. The largest absolute Gasteiger partial charge is 0.367 e. The lowest BCUT2D eigenvalue weighted by Crippen LogP contribution is -2.33. The smallest absolute Gasteiger partial charge is 0.295 e. The van der Waals surface area contributed by atoms with Crippen LogP contribution in [0, 0.1) is 15.9 Å². The van der Waals surface area contributed by atoms with Crippen LogP contribution in [0.25, 0.3) is 6.08 Å². The standard InChI is InChI=1S/C17H12FN3O4S/c18-14-7-2-1-4-11(14)8-15-16(22)20(17(23)26-15)10-19-12-5-3-6-13(9-12)21(24)25/h1-9,19H,10H2. The number of hydrogen-bond donors (Lipinski definition) is 1. The molecule has 1 aliphatic heterocycles. The second-order valence-corrected chi connectivity index (χ2v) is 6.27. The van der Waals surface area contributed by atoms with Crippen molar-refractivity contribution in [3.63, 3.8) is 0 Å². The lowest BCUT2D eigenvalue weighted by atomic mass is 10.2. The molecule has 0 aromatic heterocycles. The number of nitrogens with one attached hydrogen (secondary N) is 1. The Balaban J connectivity index is 1.73. The Hall–Kier alpha value is -3.20. The van der Waals surface area contributed by atoms with Gasteiger partial charge in [-0.25, -0.2) is 4.39 Å². The van der Waals surface area contributed by atoms with Crippen molar-refractivity contribution < 1.29 is 18.9 Å². The van der Waals surface area contributed by atoms with Crippen molar-refractivity contribution >= 4 is 40.4 Å². The molecule has 0 unspecified atom stereocenters. The topological polar surface area (TPSA) is 92.6 Å². The van der Waals surface area contributed by atoms with Crippen LogP contribution in [0.3, 0.4) is 0 Å². The zero-order valence-corrected chi connectivity index (χ0v) is 14.0. The van der Waals surface area contributed by atoms with Gasteiger partial charge in [0.15, 0.2) is 0 Å². The SMILES string of the molecule is O=C1SC(=Cc2ccccc2F)C(=O)N1CNc1cccc([N+](=O)[O-])c1. The number of imide groups is 1. The van der Waals surface area contributed by atoms with Gasteiger partial charge in [-0.2, -0.15) is 0 Å². The molecule has 7 nitrogen and oxygen atoms in total. The first kappa shape index (κ1) is 17.6. The summed E-state index contributed by atoms with van der Waals surface area (Å²) < 4.78 is 13.7. The van der Waals surface area contributed by atoms with Crippen LogP contribution < -0.4 is 5.32 Å². The minimum Gasteiger partial charge on any atom is -0.367 e. The zero-order valence-electron chi connectivity index (χ0n) is 13.2. The highest BCUT2D eigenvalue weighted by atomic mass is 32.2. The minimum absolute atomic E-state index is 0.108. The lowest BCUT2D eigenvalue weighted by molar-refractivity contribution is -0.384. The molecule has 1 aliphatic rings. The van der Waals surface area contributed by atoms with Crippen molar-refractivity contribution in [3.8, 4) is 0 Å². The van der Waals surface area contributed by atoms with Crippen LogP contribution in [0.4, 0.5) is 20.6 Å². The summed E-state index contributed by atoms with van der Waals surface area (Å²) >= 11 is 0.712. The van der Waals surface area contributed by atoms with E-state index in [1.807, 2.05) is 0 Å². The molecule has 0 spiro atoms. The molecule has 2 aromatic rings. The molecule has 0 atom stereocenters. The number of rotatable bonds is 5. The molecule has 1 N–H and O–H groups in total. The fraction of sp³-hybridized carbons (Fsp3) is 0.0588. The van der Waals surface area contributed by atoms with E-state index in [9.17, 15) is 24.1 Å². The van der Waals surface area contributed by atoms with Gasteiger partial charge < -0.3 is 5.32 Å². The molecule has 26 heavy (non-hydrogen) atoms. The highest BCUT2D eigenvalue weighted by Crippen LogP contribution is 2.32. The average Bonchev–Trinajstić information content (AvgIpc) is 2.89. The number of hydrogen-bond acceptors (Lipinski definition) is 6. The number of carbonyl (C=O) groups is 2. The van der Waals surface area contributed by atoms with E-state index >= 15 is 0 Å². The predicted molar refractivity (Wildman–Crippen MR) is 95.8 cm³/mol. The van der Waals surface area contributed by atoms with E-state index in [2.05, 4.69) is 5.32 Å². The van der Waals surface area contributed by atoms with Gasteiger partial charge in [0.25, 0.3) is 16.8 Å². The number of carbonyl (C=O) groups excluding carboxylic acids is 2. The molecule has 1 heterocycles. The van der Waals surface area contributed by atoms with Crippen molar-refractivity contribution in [1.82, 2.24) is 4.90 Å². The highest BCUT2D eigenvalue weighted by Gasteiger charge is 2.35. The monoisotopic (exact) mass is 373 g/mol. The molecule has 0 aliphatic carbocycles. The van der Waals surface area contributed by atoms with E-state index < -0.39 is 21.9 Å².